The predicted molar refractivity (Wildman–Crippen MR) is 119 cm³/mol. The van der Waals surface area contributed by atoms with E-state index in [0.717, 1.165) is 12.7 Å². The zero-order chi connectivity index (χ0) is 20.0. The van der Waals surface area contributed by atoms with E-state index in [9.17, 15) is 14.7 Å². The number of ether oxygens (including phenoxy) is 2. The Labute approximate surface area is 184 Å². The van der Waals surface area contributed by atoms with Crippen molar-refractivity contribution in [3.05, 3.63) is 60.4 Å². The monoisotopic (exact) mass is 593 g/mol. The number of carboxylic acid groups (broad SMARTS) is 1. The quantitative estimate of drug-likeness (QED) is 0.374. The Balaban J connectivity index is 2.32. The Morgan fingerprint density at radius 1 is 1.19 bits per heavy atom. The van der Waals surface area contributed by atoms with Crippen LogP contribution in [0.3, 0.4) is 0 Å². The fourth-order valence-electron chi connectivity index (χ4n) is 2.24. The molecule has 27 heavy (non-hydrogen) atoms. The normalized spacial score (nSPS) is 11.0. The fraction of sp³-hybridized carbons (Fsp3) is 0.158. The van der Waals surface area contributed by atoms with Gasteiger partial charge in [0.2, 0.25) is 5.91 Å². The maximum Gasteiger partial charge on any atom is 0.352 e. The fourth-order valence-corrected chi connectivity index (χ4v) is 3.56. The largest absolute Gasteiger partial charge is 0.493 e. The van der Waals surface area contributed by atoms with Crippen LogP contribution in [0.2, 0.25) is 0 Å². The van der Waals surface area contributed by atoms with Crippen molar-refractivity contribution in [1.82, 2.24) is 5.32 Å². The molecule has 0 aromatic heterocycles. The number of hydrogen-bond donors (Lipinski definition) is 2. The van der Waals surface area contributed by atoms with Crippen molar-refractivity contribution in [2.24, 2.45) is 0 Å². The van der Waals surface area contributed by atoms with E-state index in [-0.39, 0.29) is 5.70 Å². The maximum atomic E-state index is 11.3. The SMILES string of the molecule is COc1cc(/C=C(/NC(C)=O)C(=O)O)cc(I)c1OCc1ccccc1I. The molecule has 142 valence electrons. The van der Waals surface area contributed by atoms with Crippen molar-refractivity contribution in [1.29, 1.82) is 0 Å². The highest BCUT2D eigenvalue weighted by molar-refractivity contribution is 14.1. The lowest BCUT2D eigenvalue weighted by Gasteiger charge is -2.14. The van der Waals surface area contributed by atoms with Crippen molar-refractivity contribution < 1.29 is 24.2 Å². The van der Waals surface area contributed by atoms with Crippen LogP contribution in [0, 0.1) is 7.14 Å². The van der Waals surface area contributed by atoms with E-state index in [1.165, 1.54) is 20.1 Å². The van der Waals surface area contributed by atoms with Crippen LogP contribution in [-0.2, 0) is 16.2 Å². The molecule has 0 aliphatic heterocycles. The Morgan fingerprint density at radius 3 is 2.48 bits per heavy atom. The summed E-state index contributed by atoms with van der Waals surface area (Å²) in [7, 11) is 1.52. The van der Waals surface area contributed by atoms with Crippen LogP contribution < -0.4 is 14.8 Å². The number of amides is 1. The van der Waals surface area contributed by atoms with Crippen LogP contribution in [0.15, 0.2) is 42.1 Å². The first-order chi connectivity index (χ1) is 12.8. The minimum Gasteiger partial charge on any atom is -0.493 e. The molecule has 2 aromatic carbocycles. The van der Waals surface area contributed by atoms with E-state index >= 15 is 0 Å². The molecular weight excluding hydrogens is 576 g/mol. The number of rotatable bonds is 7. The van der Waals surface area contributed by atoms with Crippen molar-refractivity contribution in [2.75, 3.05) is 7.11 Å². The molecule has 8 heteroatoms. The van der Waals surface area contributed by atoms with Gasteiger partial charge in [-0.15, -0.1) is 0 Å². The molecule has 0 heterocycles. The molecule has 0 unspecified atom stereocenters. The number of carbonyl (C=O) groups is 2. The molecule has 6 nitrogen and oxygen atoms in total. The number of carbonyl (C=O) groups excluding carboxylic acids is 1. The molecule has 0 aliphatic rings. The van der Waals surface area contributed by atoms with E-state index in [4.69, 9.17) is 9.47 Å². The van der Waals surface area contributed by atoms with E-state index in [1.54, 1.807) is 12.1 Å². The molecule has 0 radical (unpaired) electrons. The molecule has 0 bridgehead atoms. The third-order valence-corrected chi connectivity index (χ3v) is 5.29. The molecule has 2 aromatic rings. The lowest BCUT2D eigenvalue weighted by atomic mass is 10.1. The zero-order valence-electron chi connectivity index (χ0n) is 14.6. The number of halogens is 2. The maximum absolute atomic E-state index is 11.3. The minimum absolute atomic E-state index is 0.215. The predicted octanol–water partition coefficient (Wildman–Crippen LogP) is 4.05. The van der Waals surface area contributed by atoms with Crippen LogP contribution in [-0.4, -0.2) is 24.1 Å². The second-order valence-corrected chi connectivity index (χ2v) is 7.78. The van der Waals surface area contributed by atoms with E-state index in [1.807, 2.05) is 24.3 Å². The summed E-state index contributed by atoms with van der Waals surface area (Å²) >= 11 is 4.36. The summed E-state index contributed by atoms with van der Waals surface area (Å²) in [5, 5.41) is 11.5. The van der Waals surface area contributed by atoms with Gasteiger partial charge in [0, 0.05) is 16.1 Å². The van der Waals surface area contributed by atoms with Gasteiger partial charge >= 0.3 is 5.97 Å². The smallest absolute Gasteiger partial charge is 0.352 e. The van der Waals surface area contributed by atoms with Gasteiger partial charge in [0.15, 0.2) is 11.5 Å². The second kappa shape index (κ2) is 9.93. The Morgan fingerprint density at radius 2 is 1.89 bits per heavy atom. The molecule has 1 amide bonds. The van der Waals surface area contributed by atoms with Crippen LogP contribution in [0.25, 0.3) is 6.08 Å². The van der Waals surface area contributed by atoms with Gasteiger partial charge in [0.05, 0.1) is 10.7 Å². The molecule has 2 rings (SSSR count). The third kappa shape index (κ3) is 6.09. The van der Waals surface area contributed by atoms with Gasteiger partial charge in [-0.1, -0.05) is 18.2 Å². The first-order valence-electron chi connectivity index (χ1n) is 7.78. The number of benzene rings is 2. The van der Waals surface area contributed by atoms with Crippen molar-refractivity contribution >= 4 is 63.1 Å². The number of carboxylic acids is 1. The number of methoxy groups -OCH3 is 1. The summed E-state index contributed by atoms with van der Waals surface area (Å²) in [5.74, 6) is -0.626. The van der Waals surface area contributed by atoms with Gasteiger partial charge in [0.25, 0.3) is 0 Å². The van der Waals surface area contributed by atoms with Gasteiger partial charge in [-0.05, 0) is 75.0 Å². The highest BCUT2D eigenvalue weighted by atomic mass is 127. The van der Waals surface area contributed by atoms with Gasteiger partial charge < -0.3 is 19.9 Å². The summed E-state index contributed by atoms with van der Waals surface area (Å²) in [4.78, 5) is 22.5. The van der Waals surface area contributed by atoms with E-state index in [2.05, 4.69) is 50.5 Å². The lowest BCUT2D eigenvalue weighted by Crippen LogP contribution is -2.24. The summed E-state index contributed by atoms with van der Waals surface area (Å²) in [6.45, 7) is 1.63. The van der Waals surface area contributed by atoms with Crippen molar-refractivity contribution in [2.45, 2.75) is 13.5 Å². The van der Waals surface area contributed by atoms with Gasteiger partial charge in [-0.3, -0.25) is 4.79 Å². The van der Waals surface area contributed by atoms with Crippen LogP contribution in [0.5, 0.6) is 11.5 Å². The summed E-state index contributed by atoms with van der Waals surface area (Å²) in [6.07, 6.45) is 1.37. The molecule has 0 saturated carbocycles. The molecule has 0 saturated heterocycles. The zero-order valence-corrected chi connectivity index (χ0v) is 18.9. The third-order valence-electron chi connectivity index (χ3n) is 3.43. The molecule has 0 spiro atoms. The average Bonchev–Trinajstić information content (AvgIpc) is 2.60. The standard InChI is InChI=1S/C19H17I2NO5/c1-11(23)22-16(19(24)25)8-12-7-15(21)18(17(9-12)26-2)27-10-13-5-3-4-6-14(13)20/h3-9H,10H2,1-2H3,(H,22,23)(H,24,25)/b16-8+. The Kier molecular flexibility index (Phi) is 7.90. The molecular formula is C19H17I2NO5. The van der Waals surface area contributed by atoms with Crippen molar-refractivity contribution in [3.8, 4) is 11.5 Å². The number of hydrogen-bond acceptors (Lipinski definition) is 4. The highest BCUT2D eigenvalue weighted by Gasteiger charge is 2.14. The van der Waals surface area contributed by atoms with Crippen LogP contribution >= 0.6 is 45.2 Å². The lowest BCUT2D eigenvalue weighted by molar-refractivity contribution is -0.134. The second-order valence-electron chi connectivity index (χ2n) is 5.46. The molecule has 0 atom stereocenters. The van der Waals surface area contributed by atoms with Crippen molar-refractivity contribution in [3.63, 3.8) is 0 Å². The highest BCUT2D eigenvalue weighted by Crippen LogP contribution is 2.35. The summed E-state index contributed by atoms with van der Waals surface area (Å²) in [6, 6.07) is 11.3. The summed E-state index contributed by atoms with van der Waals surface area (Å²) < 4.78 is 13.2. The minimum atomic E-state index is -1.22. The first-order valence-corrected chi connectivity index (χ1v) is 9.94. The summed E-state index contributed by atoms with van der Waals surface area (Å²) in [5.41, 5.74) is 1.41. The van der Waals surface area contributed by atoms with E-state index < -0.39 is 11.9 Å². The Bertz CT molecular complexity index is 896. The van der Waals surface area contributed by atoms with E-state index in [0.29, 0.717) is 23.7 Å². The number of aliphatic carboxylic acids is 1. The first kappa shape index (κ1) is 21.5. The van der Waals surface area contributed by atoms with Gasteiger partial charge in [-0.25, -0.2) is 4.79 Å². The molecule has 0 fully saturated rings. The van der Waals surface area contributed by atoms with Gasteiger partial charge in [0.1, 0.15) is 12.3 Å². The molecule has 2 N–H and O–H groups in total. The average molecular weight is 593 g/mol. The molecule has 0 aliphatic carbocycles. The van der Waals surface area contributed by atoms with Gasteiger partial charge in [-0.2, -0.15) is 0 Å². The number of nitrogens with one attached hydrogen (secondary N) is 1. The van der Waals surface area contributed by atoms with Crippen LogP contribution in [0.4, 0.5) is 0 Å². The van der Waals surface area contributed by atoms with Crippen LogP contribution in [0.1, 0.15) is 18.1 Å². The topological polar surface area (TPSA) is 84.9 Å². The Hall–Kier alpha value is -1.82.